The van der Waals surface area contributed by atoms with Gasteiger partial charge in [-0.3, -0.25) is 0 Å². The van der Waals surface area contributed by atoms with Gasteiger partial charge in [-0.2, -0.15) is 0 Å². The second kappa shape index (κ2) is 5.99. The average molecular weight is 207 g/mol. The van der Waals surface area contributed by atoms with Gasteiger partial charge >= 0.3 is 0 Å². The summed E-state index contributed by atoms with van der Waals surface area (Å²) >= 11 is 0. The molecule has 0 spiro atoms. The number of hydrogen-bond donors (Lipinski definition) is 0. The summed E-state index contributed by atoms with van der Waals surface area (Å²) in [5.41, 5.74) is 1.44. The lowest BCUT2D eigenvalue weighted by Crippen LogP contribution is -2.34. The van der Waals surface area contributed by atoms with Crippen LogP contribution in [-0.4, -0.2) is 20.6 Å². The Bertz CT molecular complexity index is 244. The van der Waals surface area contributed by atoms with E-state index in [1.807, 2.05) is 0 Å². The molecule has 0 aliphatic heterocycles. The maximum Gasteiger partial charge on any atom is 0.111 e. The van der Waals surface area contributed by atoms with Crippen molar-refractivity contribution in [3.05, 3.63) is 35.9 Å². The first-order chi connectivity index (χ1) is 6.77. The highest BCUT2D eigenvalue weighted by Gasteiger charge is 2.11. The van der Waals surface area contributed by atoms with Gasteiger partial charge in [-0.1, -0.05) is 44.2 Å². The second-order valence-electron chi connectivity index (χ2n) is 3.87. The molecular formula is C12H21NSi. The normalized spacial score (nSPS) is 11.2. The number of nitrogens with zero attached hydrogens (tertiary/aromatic N) is 1. The minimum atomic E-state index is -0.623. The largest absolute Gasteiger partial charge is 0.325 e. The van der Waals surface area contributed by atoms with Crippen LogP contribution in [0.5, 0.6) is 0 Å². The first kappa shape index (κ1) is 11.5. The summed E-state index contributed by atoms with van der Waals surface area (Å²) < 4.78 is 2.58. The average Bonchev–Trinajstić information content (AvgIpc) is 2.21. The van der Waals surface area contributed by atoms with Gasteiger partial charge in [0.25, 0.3) is 0 Å². The summed E-state index contributed by atoms with van der Waals surface area (Å²) in [5.74, 6) is 0. The van der Waals surface area contributed by atoms with E-state index in [2.05, 4.69) is 55.8 Å². The summed E-state index contributed by atoms with van der Waals surface area (Å²) in [4.78, 5) is 0. The van der Waals surface area contributed by atoms with E-state index in [1.54, 1.807) is 0 Å². The molecule has 0 amide bonds. The first-order valence-electron chi connectivity index (χ1n) is 5.52. The van der Waals surface area contributed by atoms with Crippen molar-refractivity contribution in [2.45, 2.75) is 32.5 Å². The highest BCUT2D eigenvalue weighted by Crippen LogP contribution is 2.08. The Morgan fingerprint density at radius 1 is 1.07 bits per heavy atom. The molecule has 2 heteroatoms. The summed E-state index contributed by atoms with van der Waals surface area (Å²) in [6.45, 7) is 5.77. The van der Waals surface area contributed by atoms with Crippen molar-refractivity contribution in [3.63, 3.8) is 0 Å². The molecule has 1 rings (SSSR count). The van der Waals surface area contributed by atoms with Crippen LogP contribution in [0, 0.1) is 0 Å². The fourth-order valence-electron chi connectivity index (χ4n) is 1.91. The van der Waals surface area contributed by atoms with Crippen LogP contribution in [-0.2, 0) is 6.54 Å². The maximum absolute atomic E-state index is 2.58. The van der Waals surface area contributed by atoms with Crippen molar-refractivity contribution in [2.24, 2.45) is 0 Å². The number of hydrogen-bond acceptors (Lipinski definition) is 1. The van der Waals surface area contributed by atoms with Crippen LogP contribution in [0.4, 0.5) is 0 Å². The van der Waals surface area contributed by atoms with E-state index >= 15 is 0 Å². The molecule has 14 heavy (non-hydrogen) atoms. The zero-order valence-corrected chi connectivity index (χ0v) is 10.7. The van der Waals surface area contributed by atoms with E-state index in [0.717, 1.165) is 6.54 Å². The lowest BCUT2D eigenvalue weighted by molar-refractivity contribution is 0.512. The van der Waals surface area contributed by atoms with Crippen LogP contribution in [0.15, 0.2) is 30.3 Å². The lowest BCUT2D eigenvalue weighted by atomic mass is 10.2. The first-order valence-corrected chi connectivity index (χ1v) is 7.67. The van der Waals surface area contributed by atoms with E-state index in [4.69, 9.17) is 0 Å². The predicted octanol–water partition coefficient (Wildman–Crippen LogP) is 2.88. The van der Waals surface area contributed by atoms with Crippen LogP contribution in [0.25, 0.3) is 0 Å². The van der Waals surface area contributed by atoms with Gasteiger partial charge in [-0.15, -0.1) is 0 Å². The van der Waals surface area contributed by atoms with E-state index in [9.17, 15) is 0 Å². The van der Waals surface area contributed by atoms with Crippen molar-refractivity contribution in [1.82, 2.24) is 4.57 Å². The summed E-state index contributed by atoms with van der Waals surface area (Å²) in [6, 6.07) is 13.5. The molecule has 0 saturated heterocycles. The highest BCUT2D eigenvalue weighted by atomic mass is 28.3. The molecule has 0 aromatic heterocycles. The Balaban J connectivity index is 2.52. The molecule has 0 fully saturated rings. The van der Waals surface area contributed by atoms with Gasteiger partial charge in [0, 0.05) is 6.54 Å². The number of benzene rings is 1. The smallest absolute Gasteiger partial charge is 0.111 e. The topological polar surface area (TPSA) is 3.24 Å². The van der Waals surface area contributed by atoms with Crippen molar-refractivity contribution < 1.29 is 0 Å². The van der Waals surface area contributed by atoms with Crippen LogP contribution >= 0.6 is 0 Å². The van der Waals surface area contributed by atoms with E-state index < -0.39 is 8.96 Å². The SMILES string of the molecule is CC[SiH](CC)N(C)Cc1ccccc1. The van der Waals surface area contributed by atoms with Crippen LogP contribution < -0.4 is 0 Å². The fraction of sp³-hybridized carbons (Fsp3) is 0.500. The molecule has 0 aliphatic rings. The molecule has 1 aromatic rings. The Hall–Kier alpha value is -0.603. The Morgan fingerprint density at radius 3 is 2.14 bits per heavy atom. The third-order valence-corrected chi connectivity index (χ3v) is 6.15. The van der Waals surface area contributed by atoms with Crippen LogP contribution in [0.1, 0.15) is 19.4 Å². The van der Waals surface area contributed by atoms with Gasteiger partial charge in [0.15, 0.2) is 0 Å². The Kier molecular flexibility index (Phi) is 4.91. The summed E-state index contributed by atoms with van der Waals surface area (Å²) in [5, 5.41) is 0. The zero-order valence-electron chi connectivity index (χ0n) is 9.53. The van der Waals surface area contributed by atoms with Gasteiger partial charge in [0.2, 0.25) is 0 Å². The fourth-order valence-corrected chi connectivity index (χ4v) is 4.21. The van der Waals surface area contributed by atoms with Crippen molar-refractivity contribution in [2.75, 3.05) is 7.05 Å². The summed E-state index contributed by atoms with van der Waals surface area (Å²) in [6.07, 6.45) is 0. The molecule has 0 aliphatic carbocycles. The minimum absolute atomic E-state index is 0.623. The Morgan fingerprint density at radius 2 is 1.64 bits per heavy atom. The molecule has 0 saturated carbocycles. The van der Waals surface area contributed by atoms with Gasteiger partial charge in [0.05, 0.1) is 0 Å². The van der Waals surface area contributed by atoms with Crippen molar-refractivity contribution in [3.8, 4) is 0 Å². The molecule has 1 aromatic carbocycles. The van der Waals surface area contributed by atoms with Crippen molar-refractivity contribution in [1.29, 1.82) is 0 Å². The Labute approximate surface area is 89.4 Å². The monoisotopic (exact) mass is 207 g/mol. The molecule has 0 radical (unpaired) electrons. The van der Waals surface area contributed by atoms with Crippen LogP contribution in [0.3, 0.4) is 0 Å². The van der Waals surface area contributed by atoms with E-state index in [0.29, 0.717) is 0 Å². The van der Waals surface area contributed by atoms with E-state index in [1.165, 1.54) is 17.7 Å². The molecule has 1 nitrogen and oxygen atoms in total. The predicted molar refractivity (Wildman–Crippen MR) is 66.0 cm³/mol. The molecule has 78 valence electrons. The maximum atomic E-state index is 2.58. The van der Waals surface area contributed by atoms with Gasteiger partial charge in [-0.05, 0) is 24.7 Å². The van der Waals surface area contributed by atoms with Crippen molar-refractivity contribution >= 4 is 8.96 Å². The number of rotatable bonds is 5. The van der Waals surface area contributed by atoms with Gasteiger partial charge < -0.3 is 4.57 Å². The quantitative estimate of drug-likeness (QED) is 0.671. The highest BCUT2D eigenvalue weighted by molar-refractivity contribution is 6.55. The molecule has 0 N–H and O–H groups in total. The zero-order chi connectivity index (χ0) is 10.4. The molecular weight excluding hydrogens is 186 g/mol. The third-order valence-electron chi connectivity index (χ3n) is 2.84. The molecule has 0 heterocycles. The summed E-state index contributed by atoms with van der Waals surface area (Å²) in [7, 11) is 1.65. The van der Waals surface area contributed by atoms with Crippen LogP contribution in [0.2, 0.25) is 12.1 Å². The molecule has 0 unspecified atom stereocenters. The standard InChI is InChI=1S/C12H21NSi/c1-4-14(5-2)13(3)11-12-9-7-6-8-10-12/h6-10,14H,4-5,11H2,1-3H3. The molecule has 0 atom stereocenters. The third kappa shape index (κ3) is 3.27. The van der Waals surface area contributed by atoms with Gasteiger partial charge in [-0.25, -0.2) is 0 Å². The molecule has 0 bridgehead atoms. The minimum Gasteiger partial charge on any atom is -0.325 e. The lowest BCUT2D eigenvalue weighted by Gasteiger charge is -2.24. The second-order valence-corrected chi connectivity index (χ2v) is 7.69. The van der Waals surface area contributed by atoms with Gasteiger partial charge in [0.1, 0.15) is 8.96 Å². The van der Waals surface area contributed by atoms with E-state index in [-0.39, 0.29) is 0 Å².